The van der Waals surface area contributed by atoms with Gasteiger partial charge in [0.25, 0.3) is 0 Å². The summed E-state index contributed by atoms with van der Waals surface area (Å²) in [7, 11) is 0. The number of carbonyl (C=O) groups is 1. The number of aryl methyl sites for hydroxylation is 4. The number of anilines is 6. The van der Waals surface area contributed by atoms with Crippen LogP contribution in [0.1, 0.15) is 77.6 Å². The van der Waals surface area contributed by atoms with Gasteiger partial charge in [0.15, 0.2) is 29.1 Å². The summed E-state index contributed by atoms with van der Waals surface area (Å²) >= 11 is 4.24. The van der Waals surface area contributed by atoms with Gasteiger partial charge in [-0.15, -0.1) is 24.0 Å². The van der Waals surface area contributed by atoms with E-state index in [0.29, 0.717) is 23.0 Å². The number of amidine groups is 2. The van der Waals surface area contributed by atoms with E-state index in [1.165, 1.54) is 17.2 Å². The first-order valence-electron chi connectivity index (χ1n) is 19.4. The number of pyridine rings is 1. The Morgan fingerprint density at radius 2 is 0.966 bits per heavy atom. The number of aliphatic imine (C=N–C) groups is 2. The molecule has 0 aliphatic carbocycles. The molecule has 0 bridgehead atoms. The van der Waals surface area contributed by atoms with Crippen LogP contribution in [0, 0.1) is 27.7 Å². The molecule has 1 aliphatic heterocycles. The van der Waals surface area contributed by atoms with Crippen LogP contribution in [0.25, 0.3) is 0 Å². The molecule has 59 heavy (non-hydrogen) atoms. The first-order valence-corrected chi connectivity index (χ1v) is 25.7. The number of nitrogens with zero attached hydrogens (tertiary/aromatic N) is 3. The lowest BCUT2D eigenvalue weighted by atomic mass is 10.2. The lowest BCUT2D eigenvalue weighted by Crippen LogP contribution is -2.30. The molecule has 4 aromatic carbocycles. The van der Waals surface area contributed by atoms with Gasteiger partial charge in [-0.25, -0.2) is 15.0 Å². The Hall–Kier alpha value is -4.23. The van der Waals surface area contributed by atoms with Crippen LogP contribution in [-0.4, -0.2) is 27.5 Å². The van der Waals surface area contributed by atoms with E-state index in [2.05, 4.69) is 68.2 Å². The van der Waals surface area contributed by atoms with Crippen LogP contribution >= 0.6 is 61.2 Å². The maximum absolute atomic E-state index is 11.9. The third-order valence-electron chi connectivity index (χ3n) is 7.27. The third kappa shape index (κ3) is 20.5. The number of dihydropyridines is 1. The summed E-state index contributed by atoms with van der Waals surface area (Å²) in [6.07, 6.45) is 1.43. The summed E-state index contributed by atoms with van der Waals surface area (Å²) in [4.78, 5) is 24.8. The molecule has 5 aromatic rings. The van der Waals surface area contributed by atoms with Gasteiger partial charge in [0.2, 0.25) is 5.78 Å². The lowest BCUT2D eigenvalue weighted by molar-refractivity contribution is -0.109. The molecule has 1 aromatic heterocycles. The van der Waals surface area contributed by atoms with Crippen LogP contribution in [0.5, 0.6) is 5.75 Å². The van der Waals surface area contributed by atoms with Crippen molar-refractivity contribution < 1.29 is 9.90 Å². The van der Waals surface area contributed by atoms with Crippen LogP contribution in [0.2, 0.25) is 0 Å². The highest BCUT2D eigenvalue weighted by Crippen LogP contribution is 2.33. The van der Waals surface area contributed by atoms with Crippen molar-refractivity contribution in [2.75, 3.05) is 21.7 Å². The Morgan fingerprint density at radius 3 is 1.39 bits per heavy atom. The van der Waals surface area contributed by atoms with E-state index in [1.54, 1.807) is 6.07 Å². The molecule has 0 radical (unpaired) electrons. The number of nitrogens with one attached hydrogen (secondary N) is 3. The fourth-order valence-corrected chi connectivity index (χ4v) is 4.48. The molecular weight excluding hydrogens is 1080 g/mol. The van der Waals surface area contributed by atoms with Gasteiger partial charge in [0.05, 0.1) is 17.1 Å². The predicted molar refractivity (Wildman–Crippen MR) is 286 cm³/mol. The summed E-state index contributed by atoms with van der Waals surface area (Å²) in [5.41, 5.74) is 20.6. The first kappa shape index (κ1) is 56.9. The van der Waals surface area contributed by atoms with E-state index in [9.17, 15) is 9.90 Å². The van der Waals surface area contributed by atoms with Crippen molar-refractivity contribution in [2.45, 2.75) is 83.1 Å². The summed E-state index contributed by atoms with van der Waals surface area (Å²) in [5.74, 6) is 0.576. The lowest BCUT2D eigenvalue weighted by Gasteiger charge is -2.15. The van der Waals surface area contributed by atoms with Crippen molar-refractivity contribution in [3.8, 4) is 5.75 Å². The molecule has 2 heterocycles. The number of halogens is 3. The second kappa shape index (κ2) is 32.6. The van der Waals surface area contributed by atoms with Crippen molar-refractivity contribution in [3.63, 3.8) is 0 Å². The van der Waals surface area contributed by atoms with E-state index in [1.807, 2.05) is 180 Å². The predicted octanol–water partition coefficient (Wildman–Crippen LogP) is 14.2. The molecule has 0 saturated carbocycles. The Labute approximate surface area is 393 Å². The van der Waals surface area contributed by atoms with Gasteiger partial charge in [-0.2, -0.15) is 0 Å². The molecule has 320 valence electrons. The van der Waals surface area contributed by atoms with Gasteiger partial charge in [0.1, 0.15) is 0 Å². The Balaban J connectivity index is 0. The zero-order valence-electron chi connectivity index (χ0n) is 36.4. The van der Waals surface area contributed by atoms with E-state index in [4.69, 9.17) is 11.5 Å². The molecule has 13 heteroatoms. The van der Waals surface area contributed by atoms with E-state index < -0.39 is 0 Å². The highest BCUT2D eigenvalue weighted by molar-refractivity contribution is 15.0. The number of benzene rings is 4. The van der Waals surface area contributed by atoms with Gasteiger partial charge >= 0.3 is 0 Å². The number of hydrogen-bond acceptors (Lipinski definition) is 9. The summed E-state index contributed by atoms with van der Waals surface area (Å²) in [5, 5.41) is 19.6. The van der Waals surface area contributed by atoms with Crippen molar-refractivity contribution in [1.29, 1.82) is 0 Å². The average molecular weight is 1140 g/mol. The molecule has 0 amide bonds. The van der Waals surface area contributed by atoms with Gasteiger partial charge < -0.3 is 32.5 Å². The number of aromatic hydroxyl groups is 1. The quantitative estimate of drug-likeness (QED) is 0.0878. The Kier molecular flexibility index (Phi) is 31.4. The smallest absolute Gasteiger partial charge is 0.222 e. The summed E-state index contributed by atoms with van der Waals surface area (Å²) in [6.45, 7) is 24.1. The monoisotopic (exact) mass is 1140 g/mol. The van der Waals surface area contributed by atoms with Crippen molar-refractivity contribution >= 4 is 119 Å². The molecule has 0 unspecified atom stereocenters. The van der Waals surface area contributed by atoms with Crippen LogP contribution < -0.4 is 27.4 Å². The number of aromatic nitrogens is 1. The number of nitrogen functional groups attached to an aromatic ring is 1. The molecular formula is C46H63I3N8O2. The van der Waals surface area contributed by atoms with E-state index in [0.717, 1.165) is 33.9 Å². The van der Waals surface area contributed by atoms with E-state index >= 15 is 0 Å². The van der Waals surface area contributed by atoms with E-state index in [-0.39, 0.29) is 47.2 Å². The summed E-state index contributed by atoms with van der Waals surface area (Å²) in [6, 6.07) is 33.1. The van der Waals surface area contributed by atoms with Crippen LogP contribution in [0.3, 0.4) is 0 Å². The van der Waals surface area contributed by atoms with Gasteiger partial charge in [-0.3, -0.25) is 4.79 Å². The van der Waals surface area contributed by atoms with Crippen LogP contribution in [0.15, 0.2) is 125 Å². The zero-order valence-corrected chi connectivity index (χ0v) is 43.1. The fourth-order valence-electron chi connectivity index (χ4n) is 4.48. The highest BCUT2D eigenvalue weighted by Gasteiger charge is 2.19. The second-order valence-electron chi connectivity index (χ2n) is 11.5. The number of carbonyl (C=O) groups excluding carboxylic acids is 1. The zero-order chi connectivity index (χ0) is 44.2. The molecule has 0 saturated heterocycles. The molecule has 0 atom stereocenters. The highest BCUT2D eigenvalue weighted by atomic mass is 128. The van der Waals surface area contributed by atoms with Gasteiger partial charge in [-0.1, -0.05) is 126 Å². The molecule has 8 N–H and O–H groups in total. The maximum Gasteiger partial charge on any atom is 0.222 e. The largest absolute Gasteiger partial charge is 0.504 e. The first-order chi connectivity index (χ1) is 28.0. The molecule has 0 fully saturated rings. The topological polar surface area (TPSA) is 163 Å². The Bertz CT molecular complexity index is 1940. The normalized spacial score (nSPS) is 11.2. The number of nitrogens with two attached hydrogens (primary N) is 2. The third-order valence-corrected chi connectivity index (χ3v) is 7.27. The minimum atomic E-state index is -0.326. The minimum absolute atomic E-state index is 0. The van der Waals surface area contributed by atoms with Gasteiger partial charge in [0, 0.05) is 66.4 Å². The van der Waals surface area contributed by atoms with Crippen molar-refractivity contribution in [1.82, 2.24) is 4.98 Å². The molecule has 0 spiro atoms. The summed E-state index contributed by atoms with van der Waals surface area (Å²) < 4.78 is 0. The average Bonchev–Trinajstić information content (AvgIpc) is 3.26. The number of rotatable bonds is 7. The standard InChI is InChI=1S/C19H20N4O.C19H18N4O.4C2H6.I2.HI/c2*1-12-3-7-14(8-4-12)21-16-11-17(24)18(20)23-19(16)22-15-9-5-13(2)6-10-15;5*1-2;/h3-11,21,24H,1-2H3,(H3,20,22,23);3-11,21H,1-2H3,(H2,20,22,23);4*1-2H3;;1H. The molecule has 1 aliphatic rings. The van der Waals surface area contributed by atoms with Crippen LogP contribution in [0.4, 0.5) is 40.1 Å². The van der Waals surface area contributed by atoms with Crippen molar-refractivity contribution in [3.05, 3.63) is 137 Å². The van der Waals surface area contributed by atoms with Crippen molar-refractivity contribution in [2.24, 2.45) is 15.7 Å². The minimum Gasteiger partial charge on any atom is -0.504 e. The number of ketones is 1. The Morgan fingerprint density at radius 1 is 0.593 bits per heavy atom. The van der Waals surface area contributed by atoms with Crippen LogP contribution in [-0.2, 0) is 4.79 Å². The number of hydrogen-bond donors (Lipinski definition) is 6. The fraction of sp³-hybridized carbons (Fsp3) is 0.261. The van der Waals surface area contributed by atoms with Gasteiger partial charge in [-0.05, 0) is 76.2 Å². The maximum atomic E-state index is 11.9. The second-order valence-corrected chi connectivity index (χ2v) is 11.5. The molecule has 6 rings (SSSR count). The molecule has 10 nitrogen and oxygen atoms in total. The SMILES string of the molecule is CC.CC.CC.CC.Cc1ccc(N=C2N=C(N)C(=O)C=C2Nc2ccc(C)cc2)cc1.Cc1ccc(Nc2cc(O)c(N)nc2Nc2ccc(C)cc2)cc1.I.II.